The van der Waals surface area contributed by atoms with Crippen LogP contribution >= 0.6 is 11.8 Å². The minimum absolute atomic E-state index is 0.0134. The van der Waals surface area contributed by atoms with Crippen molar-refractivity contribution in [3.63, 3.8) is 0 Å². The Labute approximate surface area is 279 Å². The molecule has 6 atom stereocenters. The van der Waals surface area contributed by atoms with Gasteiger partial charge in [0, 0.05) is 17.4 Å². The normalized spacial score (nSPS) is 30.6. The summed E-state index contributed by atoms with van der Waals surface area (Å²) in [7, 11) is -3.91. The summed E-state index contributed by atoms with van der Waals surface area (Å²) in [5.41, 5.74) is 5.90. The Morgan fingerprint density at radius 2 is 1.61 bits per heavy atom. The second-order valence-electron chi connectivity index (χ2n) is 17.8. The minimum Gasteiger partial charge on any atom is -0.413 e. The molecule has 252 valence electrons. The lowest BCUT2D eigenvalue weighted by molar-refractivity contribution is 0.0969. The Morgan fingerprint density at radius 1 is 1.02 bits per heavy atom. The van der Waals surface area contributed by atoms with Crippen LogP contribution in [0.3, 0.4) is 0 Å². The summed E-state index contributed by atoms with van der Waals surface area (Å²) in [6, 6.07) is 0. The highest BCUT2D eigenvalue weighted by molar-refractivity contribution is 8.00. The monoisotopic (exact) mass is 660 g/mol. The largest absolute Gasteiger partial charge is 0.413 e. The van der Waals surface area contributed by atoms with Gasteiger partial charge in [-0.25, -0.2) is 0 Å². The van der Waals surface area contributed by atoms with Crippen LogP contribution in [-0.2, 0) is 8.85 Å². The fraction of sp³-hybridized carbons (Fsp3) is 0.789. The van der Waals surface area contributed by atoms with Crippen LogP contribution in [0.15, 0.2) is 47.1 Å². The van der Waals surface area contributed by atoms with Gasteiger partial charge in [-0.2, -0.15) is 11.8 Å². The van der Waals surface area contributed by atoms with E-state index in [1.807, 2.05) is 11.8 Å². The van der Waals surface area contributed by atoms with Gasteiger partial charge < -0.3 is 14.0 Å². The highest BCUT2D eigenvalue weighted by Gasteiger charge is 2.47. The Bertz CT molecular complexity index is 1120. The molecule has 44 heavy (non-hydrogen) atoms. The molecule has 0 bridgehead atoms. The van der Waals surface area contributed by atoms with Crippen LogP contribution in [0.25, 0.3) is 0 Å². The zero-order chi connectivity index (χ0) is 33.5. The lowest BCUT2D eigenvalue weighted by Gasteiger charge is -2.45. The molecule has 1 unspecified atom stereocenters. The first-order valence-electron chi connectivity index (χ1n) is 17.4. The third-order valence-corrected chi connectivity index (χ3v) is 22.4. The number of aliphatic hydroxyl groups is 1. The van der Waals surface area contributed by atoms with E-state index < -0.39 is 16.6 Å². The molecule has 3 aliphatic rings. The molecule has 0 aliphatic heterocycles. The van der Waals surface area contributed by atoms with Crippen LogP contribution in [0.1, 0.15) is 108 Å². The average Bonchev–Trinajstić information content (AvgIpc) is 3.23. The molecule has 0 aromatic rings. The van der Waals surface area contributed by atoms with E-state index in [1.54, 1.807) is 11.1 Å². The molecule has 2 saturated carbocycles. The molecule has 1 N–H and O–H groups in total. The first kappa shape index (κ1) is 38.1. The highest BCUT2D eigenvalue weighted by atomic mass is 32.2. The lowest BCUT2D eigenvalue weighted by Crippen LogP contribution is -2.49. The van der Waals surface area contributed by atoms with E-state index >= 15 is 0 Å². The standard InChI is InChI=1S/C38H68O3SSi2/c1-26(2)34(39)25-42-28(4)32-20-21-33-29(17-16-22-38(32,33)11)18-19-30-23-31(40-43(12,13)36(5,6)7)24-35(27(30)3)41-44(14,15)37(8,9)10/h18-20,26,28,31,33-35,39H,3,16-17,21-25H2,1-2,4-15H3/b29-18+,30-19-/t28?,31-,33+,34+,35+,38-/m1/s1. The van der Waals surface area contributed by atoms with Crippen molar-refractivity contribution in [1.29, 1.82) is 0 Å². The summed E-state index contributed by atoms with van der Waals surface area (Å²) < 4.78 is 14.1. The number of hydrogen-bond acceptors (Lipinski definition) is 4. The van der Waals surface area contributed by atoms with E-state index in [0.29, 0.717) is 17.1 Å². The first-order chi connectivity index (χ1) is 20.0. The van der Waals surface area contributed by atoms with E-state index in [1.165, 1.54) is 30.4 Å². The van der Waals surface area contributed by atoms with Gasteiger partial charge in [0.25, 0.3) is 0 Å². The number of thioether (sulfide) groups is 1. The second kappa shape index (κ2) is 14.0. The Morgan fingerprint density at radius 3 is 2.18 bits per heavy atom. The Kier molecular flexibility index (Phi) is 12.1. The third-order valence-electron chi connectivity index (χ3n) is 12.1. The van der Waals surface area contributed by atoms with E-state index in [4.69, 9.17) is 8.85 Å². The minimum atomic E-state index is -1.98. The van der Waals surface area contributed by atoms with Crippen LogP contribution in [0.4, 0.5) is 0 Å². The van der Waals surface area contributed by atoms with Crippen LogP contribution < -0.4 is 0 Å². The maximum atomic E-state index is 10.4. The second-order valence-corrected chi connectivity index (χ2v) is 28.7. The van der Waals surface area contributed by atoms with Gasteiger partial charge in [-0.3, -0.25) is 0 Å². The Hall–Kier alpha value is -0.376. The third kappa shape index (κ3) is 8.55. The molecule has 0 heterocycles. The molecule has 3 rings (SSSR count). The molecule has 0 aromatic carbocycles. The zero-order valence-electron chi connectivity index (χ0n) is 31.0. The molecule has 0 aromatic heterocycles. The van der Waals surface area contributed by atoms with Crippen LogP contribution in [0.2, 0.25) is 36.3 Å². The molecule has 3 aliphatic carbocycles. The molecule has 2 fully saturated rings. The highest BCUT2D eigenvalue weighted by Crippen LogP contribution is 2.57. The van der Waals surface area contributed by atoms with Crippen molar-refractivity contribution in [2.45, 2.75) is 168 Å². The fourth-order valence-electron chi connectivity index (χ4n) is 6.77. The van der Waals surface area contributed by atoms with Gasteiger partial charge in [-0.1, -0.05) is 98.3 Å². The Balaban J connectivity index is 1.87. The van der Waals surface area contributed by atoms with Crippen molar-refractivity contribution in [3.8, 4) is 0 Å². The summed E-state index contributed by atoms with van der Waals surface area (Å²) in [5.74, 6) is 1.68. The van der Waals surface area contributed by atoms with Gasteiger partial charge in [0.15, 0.2) is 16.6 Å². The topological polar surface area (TPSA) is 38.7 Å². The van der Waals surface area contributed by atoms with Crippen molar-refractivity contribution in [2.24, 2.45) is 17.3 Å². The number of allylic oxidation sites excluding steroid dienone is 4. The fourth-order valence-corrected chi connectivity index (χ4v) is 10.9. The predicted octanol–water partition coefficient (Wildman–Crippen LogP) is 11.2. The summed E-state index contributed by atoms with van der Waals surface area (Å²) >= 11 is 1.93. The zero-order valence-corrected chi connectivity index (χ0v) is 33.8. The van der Waals surface area contributed by atoms with E-state index in [9.17, 15) is 5.11 Å². The lowest BCUT2D eigenvalue weighted by atomic mass is 9.64. The quantitative estimate of drug-likeness (QED) is 0.187. The smallest absolute Gasteiger partial charge is 0.192 e. The summed E-state index contributed by atoms with van der Waals surface area (Å²) in [5, 5.41) is 11.2. The SMILES string of the molecule is C=C1/C(=C\C=C2/CCC[C@]3(C)C(C(C)SC[C@H](O)C(C)C)=CC[C@@H]23)C[C@@H](O[Si](C)(C)C(C)(C)C)C[C@@H]1O[Si](C)(C)C(C)(C)C. The van der Waals surface area contributed by atoms with Crippen molar-refractivity contribution >= 4 is 28.4 Å². The number of rotatable bonds is 10. The van der Waals surface area contributed by atoms with Gasteiger partial charge in [0.2, 0.25) is 0 Å². The first-order valence-corrected chi connectivity index (χ1v) is 24.3. The van der Waals surface area contributed by atoms with Gasteiger partial charge in [-0.15, -0.1) is 0 Å². The molecular formula is C38H68O3SSi2. The molecule has 3 nitrogen and oxygen atoms in total. The number of hydrogen-bond donors (Lipinski definition) is 1. The van der Waals surface area contributed by atoms with Crippen LogP contribution in [0.5, 0.6) is 0 Å². The maximum absolute atomic E-state index is 10.4. The number of fused-ring (bicyclic) bond motifs is 1. The molecular weight excluding hydrogens is 593 g/mol. The molecule has 0 spiro atoms. The van der Waals surface area contributed by atoms with Gasteiger partial charge in [-0.05, 0) is 104 Å². The molecule has 6 heteroatoms. The van der Waals surface area contributed by atoms with Gasteiger partial charge >= 0.3 is 0 Å². The molecule has 0 saturated heterocycles. The molecule has 0 radical (unpaired) electrons. The summed E-state index contributed by atoms with van der Waals surface area (Å²) in [6.07, 6.45) is 14.0. The van der Waals surface area contributed by atoms with Gasteiger partial charge in [0.1, 0.15) is 0 Å². The van der Waals surface area contributed by atoms with E-state index in [-0.39, 0.29) is 33.8 Å². The van der Waals surface area contributed by atoms with Crippen LogP contribution in [-0.4, -0.2) is 51.1 Å². The van der Waals surface area contributed by atoms with E-state index in [0.717, 1.165) is 25.0 Å². The van der Waals surface area contributed by atoms with Crippen molar-refractivity contribution in [3.05, 3.63) is 47.1 Å². The average molecular weight is 661 g/mol. The van der Waals surface area contributed by atoms with Crippen LogP contribution in [0, 0.1) is 17.3 Å². The summed E-state index contributed by atoms with van der Waals surface area (Å²) in [4.78, 5) is 0. The summed E-state index contributed by atoms with van der Waals surface area (Å²) in [6.45, 7) is 37.2. The maximum Gasteiger partial charge on any atom is 0.192 e. The van der Waals surface area contributed by atoms with Crippen molar-refractivity contribution in [1.82, 2.24) is 0 Å². The van der Waals surface area contributed by atoms with E-state index in [2.05, 4.69) is 120 Å². The predicted molar refractivity (Wildman–Crippen MR) is 200 cm³/mol. The van der Waals surface area contributed by atoms with Crippen molar-refractivity contribution in [2.75, 3.05) is 5.75 Å². The number of aliphatic hydroxyl groups excluding tert-OH is 1. The van der Waals surface area contributed by atoms with Gasteiger partial charge in [0.05, 0.1) is 18.3 Å². The molecule has 0 amide bonds. The van der Waals surface area contributed by atoms with Crippen molar-refractivity contribution < 1.29 is 14.0 Å².